The Hall–Kier alpha value is -1.63. The molecule has 0 radical (unpaired) electrons. The van der Waals surface area contributed by atoms with Gasteiger partial charge in [-0.25, -0.2) is 4.79 Å². The summed E-state index contributed by atoms with van der Waals surface area (Å²) in [7, 11) is 0. The highest BCUT2D eigenvalue weighted by Gasteiger charge is 2.35. The third kappa shape index (κ3) is 4.80. The van der Waals surface area contributed by atoms with Gasteiger partial charge in [0.2, 0.25) is 11.8 Å². The highest BCUT2D eigenvalue weighted by molar-refractivity contribution is 5.87. The lowest BCUT2D eigenvalue weighted by Crippen LogP contribution is -2.48. The number of unbranched alkanes of at least 4 members (excludes halogenated alkanes) is 1. The Morgan fingerprint density at radius 2 is 2.10 bits per heavy atom. The molecule has 1 aliphatic heterocycles. The molecule has 1 fully saturated rings. The standard InChI is InChI=1S/C13H23N3O4/c1-9(17)15-7-3-2-5-10(14)12(18)16-8-4-6-11(16)13(19)20/h10-11H,2-8,14H2,1H3,(H,15,17)(H,19,20)/t10-,11-/m0/s1. The molecule has 0 aromatic carbocycles. The molecule has 2 atom stereocenters. The molecule has 2 amide bonds. The molecule has 0 aromatic rings. The minimum atomic E-state index is -0.964. The van der Waals surface area contributed by atoms with Crippen molar-refractivity contribution in [3.8, 4) is 0 Å². The van der Waals surface area contributed by atoms with Crippen molar-refractivity contribution in [2.75, 3.05) is 13.1 Å². The Balaban J connectivity index is 2.31. The molecule has 1 heterocycles. The van der Waals surface area contributed by atoms with E-state index in [0.29, 0.717) is 32.4 Å². The summed E-state index contributed by atoms with van der Waals surface area (Å²) in [6.45, 7) is 2.49. The van der Waals surface area contributed by atoms with Crippen LogP contribution in [0.4, 0.5) is 0 Å². The van der Waals surface area contributed by atoms with Crippen LogP contribution in [-0.4, -0.2) is 53.0 Å². The van der Waals surface area contributed by atoms with Crippen molar-refractivity contribution in [3.05, 3.63) is 0 Å². The van der Waals surface area contributed by atoms with Gasteiger partial charge in [0, 0.05) is 20.0 Å². The van der Waals surface area contributed by atoms with Crippen molar-refractivity contribution in [2.45, 2.75) is 51.1 Å². The van der Waals surface area contributed by atoms with Gasteiger partial charge in [-0.05, 0) is 32.1 Å². The van der Waals surface area contributed by atoms with Crippen molar-refractivity contribution in [2.24, 2.45) is 5.73 Å². The normalized spacial score (nSPS) is 19.7. The first-order chi connectivity index (χ1) is 9.43. The van der Waals surface area contributed by atoms with E-state index in [1.807, 2.05) is 0 Å². The Morgan fingerprint density at radius 1 is 1.40 bits per heavy atom. The van der Waals surface area contributed by atoms with Crippen LogP contribution >= 0.6 is 0 Å². The molecule has 0 aromatic heterocycles. The van der Waals surface area contributed by atoms with Crippen molar-refractivity contribution >= 4 is 17.8 Å². The number of likely N-dealkylation sites (tertiary alicyclic amines) is 1. The lowest BCUT2D eigenvalue weighted by molar-refractivity contribution is -0.148. The Labute approximate surface area is 118 Å². The lowest BCUT2D eigenvalue weighted by atomic mass is 10.1. The van der Waals surface area contributed by atoms with Crippen LogP contribution in [-0.2, 0) is 14.4 Å². The first-order valence-electron chi connectivity index (χ1n) is 6.96. The molecule has 20 heavy (non-hydrogen) atoms. The number of aliphatic carboxylic acids is 1. The third-order valence-corrected chi connectivity index (χ3v) is 3.45. The average Bonchev–Trinajstić information content (AvgIpc) is 2.86. The molecule has 0 aliphatic carbocycles. The molecule has 1 rings (SSSR count). The van der Waals surface area contributed by atoms with Crippen molar-refractivity contribution in [3.63, 3.8) is 0 Å². The summed E-state index contributed by atoms with van der Waals surface area (Å²) in [5, 5.41) is 11.7. The second kappa shape index (κ2) is 7.84. The summed E-state index contributed by atoms with van der Waals surface area (Å²) < 4.78 is 0. The largest absolute Gasteiger partial charge is 0.480 e. The predicted molar refractivity (Wildman–Crippen MR) is 72.9 cm³/mol. The quantitative estimate of drug-likeness (QED) is 0.556. The van der Waals surface area contributed by atoms with Crippen LogP contribution < -0.4 is 11.1 Å². The van der Waals surface area contributed by atoms with Crippen LogP contribution in [0.2, 0.25) is 0 Å². The summed E-state index contributed by atoms with van der Waals surface area (Å²) >= 11 is 0. The number of hydrogen-bond acceptors (Lipinski definition) is 4. The molecule has 0 spiro atoms. The Bertz CT molecular complexity index is 373. The molecule has 4 N–H and O–H groups in total. The number of carboxylic acids is 1. The maximum Gasteiger partial charge on any atom is 0.326 e. The summed E-state index contributed by atoms with van der Waals surface area (Å²) in [6.07, 6.45) is 3.18. The molecule has 114 valence electrons. The molecule has 1 saturated heterocycles. The van der Waals surface area contributed by atoms with Crippen molar-refractivity contribution in [1.82, 2.24) is 10.2 Å². The fourth-order valence-corrected chi connectivity index (χ4v) is 2.38. The SMILES string of the molecule is CC(=O)NCCCC[C@H](N)C(=O)N1CCC[C@H]1C(=O)O. The zero-order valence-corrected chi connectivity index (χ0v) is 11.8. The van der Waals surface area contributed by atoms with E-state index < -0.39 is 18.1 Å². The van der Waals surface area contributed by atoms with E-state index >= 15 is 0 Å². The van der Waals surface area contributed by atoms with Gasteiger partial charge in [-0.3, -0.25) is 9.59 Å². The lowest BCUT2D eigenvalue weighted by Gasteiger charge is -2.24. The van der Waals surface area contributed by atoms with Gasteiger partial charge in [0.05, 0.1) is 6.04 Å². The van der Waals surface area contributed by atoms with Crippen LogP contribution in [0, 0.1) is 0 Å². The molecular formula is C13H23N3O4. The number of nitrogens with one attached hydrogen (secondary N) is 1. The number of carboxylic acid groups (broad SMARTS) is 1. The fourth-order valence-electron chi connectivity index (χ4n) is 2.38. The topological polar surface area (TPSA) is 113 Å². The van der Waals surface area contributed by atoms with Crippen molar-refractivity contribution < 1.29 is 19.5 Å². The van der Waals surface area contributed by atoms with Crippen LogP contribution in [0.5, 0.6) is 0 Å². The van der Waals surface area contributed by atoms with Gasteiger partial charge in [0.15, 0.2) is 0 Å². The van der Waals surface area contributed by atoms with E-state index in [2.05, 4.69) is 5.32 Å². The average molecular weight is 285 g/mol. The zero-order valence-electron chi connectivity index (χ0n) is 11.8. The molecular weight excluding hydrogens is 262 g/mol. The van der Waals surface area contributed by atoms with E-state index in [-0.39, 0.29) is 11.8 Å². The molecule has 0 unspecified atom stereocenters. The summed E-state index contributed by atoms with van der Waals surface area (Å²) in [6, 6.07) is -1.39. The molecule has 1 aliphatic rings. The molecule has 0 saturated carbocycles. The molecule has 7 heteroatoms. The highest BCUT2D eigenvalue weighted by atomic mass is 16.4. The van der Waals surface area contributed by atoms with Gasteiger partial charge in [-0.2, -0.15) is 0 Å². The van der Waals surface area contributed by atoms with Gasteiger partial charge in [0.25, 0.3) is 0 Å². The Morgan fingerprint density at radius 3 is 2.70 bits per heavy atom. The number of nitrogens with zero attached hydrogens (tertiary/aromatic N) is 1. The third-order valence-electron chi connectivity index (χ3n) is 3.45. The number of carbonyl (C=O) groups excluding carboxylic acids is 2. The maximum atomic E-state index is 12.1. The summed E-state index contributed by atoms with van der Waals surface area (Å²) in [5.74, 6) is -1.32. The van der Waals surface area contributed by atoms with Crippen molar-refractivity contribution in [1.29, 1.82) is 0 Å². The van der Waals surface area contributed by atoms with Gasteiger partial charge < -0.3 is 21.1 Å². The summed E-state index contributed by atoms with van der Waals surface area (Å²) in [4.78, 5) is 35.2. The second-order valence-electron chi connectivity index (χ2n) is 5.11. The summed E-state index contributed by atoms with van der Waals surface area (Å²) in [5.41, 5.74) is 5.83. The van der Waals surface area contributed by atoms with E-state index in [1.54, 1.807) is 0 Å². The number of nitrogens with two attached hydrogens (primary N) is 1. The Kier molecular flexibility index (Phi) is 6.44. The van der Waals surface area contributed by atoms with E-state index in [0.717, 1.165) is 12.8 Å². The smallest absolute Gasteiger partial charge is 0.326 e. The van der Waals surface area contributed by atoms with E-state index in [1.165, 1.54) is 11.8 Å². The zero-order chi connectivity index (χ0) is 15.1. The first-order valence-corrected chi connectivity index (χ1v) is 6.96. The van der Waals surface area contributed by atoms with E-state index in [4.69, 9.17) is 10.8 Å². The number of rotatable bonds is 7. The number of hydrogen-bond donors (Lipinski definition) is 3. The number of amides is 2. The monoisotopic (exact) mass is 285 g/mol. The first kappa shape index (κ1) is 16.4. The fraction of sp³-hybridized carbons (Fsp3) is 0.769. The van der Waals surface area contributed by atoms with Gasteiger partial charge in [-0.15, -0.1) is 0 Å². The minimum absolute atomic E-state index is 0.0771. The van der Waals surface area contributed by atoms with Gasteiger partial charge in [-0.1, -0.05) is 0 Å². The van der Waals surface area contributed by atoms with Crippen LogP contribution in [0.1, 0.15) is 39.0 Å². The maximum absolute atomic E-state index is 12.1. The van der Waals surface area contributed by atoms with E-state index in [9.17, 15) is 14.4 Å². The minimum Gasteiger partial charge on any atom is -0.480 e. The second-order valence-corrected chi connectivity index (χ2v) is 5.11. The van der Waals surface area contributed by atoms with Gasteiger partial charge in [0.1, 0.15) is 6.04 Å². The number of carbonyl (C=O) groups is 3. The van der Waals surface area contributed by atoms with Crippen LogP contribution in [0.25, 0.3) is 0 Å². The highest BCUT2D eigenvalue weighted by Crippen LogP contribution is 2.19. The predicted octanol–water partition coefficient (Wildman–Crippen LogP) is -0.304. The molecule has 7 nitrogen and oxygen atoms in total. The van der Waals surface area contributed by atoms with Gasteiger partial charge >= 0.3 is 5.97 Å². The van der Waals surface area contributed by atoms with Crippen LogP contribution in [0.15, 0.2) is 0 Å². The molecule has 0 bridgehead atoms. The van der Waals surface area contributed by atoms with Crippen LogP contribution in [0.3, 0.4) is 0 Å².